The van der Waals surface area contributed by atoms with Crippen molar-refractivity contribution in [3.8, 4) is 0 Å². The first kappa shape index (κ1) is 39.6. The fourth-order valence-electron chi connectivity index (χ4n) is 5.08. The number of aliphatic carboxylic acids is 1. The normalized spacial score (nSPS) is 11.1. The molecule has 0 aliphatic carbocycles. The third kappa shape index (κ3) is 39.9. The van der Waals surface area contributed by atoms with Gasteiger partial charge in [-0.25, -0.2) is 0 Å². The van der Waals surface area contributed by atoms with E-state index in [1.807, 2.05) is 0 Å². The average molecular weight is 540 g/mol. The molecule has 0 aliphatic heterocycles. The van der Waals surface area contributed by atoms with Crippen LogP contribution in [-0.2, 0) is 4.79 Å². The lowest BCUT2D eigenvalue weighted by Gasteiger charge is -2.16. The highest BCUT2D eigenvalue weighted by atomic mass is 16.4. The molecule has 0 amide bonds. The van der Waals surface area contributed by atoms with E-state index in [0.29, 0.717) is 6.42 Å². The molecule has 0 saturated carbocycles. The predicted molar refractivity (Wildman–Crippen MR) is 171 cm³/mol. The molecular formula is C35H73NO2. The van der Waals surface area contributed by atoms with E-state index in [2.05, 4.69) is 32.7 Å². The van der Waals surface area contributed by atoms with Gasteiger partial charge in [-0.2, -0.15) is 0 Å². The van der Waals surface area contributed by atoms with Crippen molar-refractivity contribution in [3.05, 3.63) is 0 Å². The van der Waals surface area contributed by atoms with Crippen LogP contribution in [0.4, 0.5) is 0 Å². The Hall–Kier alpha value is -0.570. The molecule has 1 N–H and O–H groups in total. The first-order valence-corrected chi connectivity index (χ1v) is 17.5. The molecule has 0 aliphatic rings. The number of unbranched alkanes of at least 4 members (excludes halogenated alkanes) is 24. The van der Waals surface area contributed by atoms with Crippen molar-refractivity contribution in [1.29, 1.82) is 0 Å². The van der Waals surface area contributed by atoms with Crippen molar-refractivity contribution < 1.29 is 9.90 Å². The molecule has 0 aromatic rings. The second-order valence-electron chi connectivity index (χ2n) is 11.9. The molecule has 0 rings (SSSR count). The molecule has 0 radical (unpaired) electrons. The van der Waals surface area contributed by atoms with Crippen LogP contribution in [0.25, 0.3) is 0 Å². The Bertz CT molecular complexity index is 410. The zero-order chi connectivity index (χ0) is 28.4. The smallest absolute Gasteiger partial charge is 0.303 e. The fourth-order valence-corrected chi connectivity index (χ4v) is 5.08. The Balaban J connectivity index is 0. The van der Waals surface area contributed by atoms with Crippen molar-refractivity contribution in [2.75, 3.05) is 20.1 Å². The first-order valence-electron chi connectivity index (χ1n) is 17.5. The number of carboxylic acid groups (broad SMARTS) is 1. The fraction of sp³-hybridized carbons (Fsp3) is 0.971. The molecule has 0 unspecified atom stereocenters. The van der Waals surface area contributed by atoms with Gasteiger partial charge < -0.3 is 10.0 Å². The van der Waals surface area contributed by atoms with Crippen molar-refractivity contribution in [2.24, 2.45) is 0 Å². The molecule has 0 heterocycles. The van der Waals surface area contributed by atoms with Gasteiger partial charge in [-0.3, -0.25) is 4.79 Å². The minimum absolute atomic E-state index is 0.345. The Morgan fingerprint density at radius 2 is 0.658 bits per heavy atom. The van der Waals surface area contributed by atoms with Gasteiger partial charge in [0, 0.05) is 6.42 Å². The molecule has 0 aromatic heterocycles. The second kappa shape index (κ2) is 36.4. The van der Waals surface area contributed by atoms with E-state index in [0.717, 1.165) is 12.8 Å². The summed E-state index contributed by atoms with van der Waals surface area (Å²) in [5.41, 5.74) is 0. The summed E-state index contributed by atoms with van der Waals surface area (Å²) in [5.74, 6) is -0.653. The molecule has 0 atom stereocenters. The minimum atomic E-state index is -0.653. The molecule has 0 fully saturated rings. The maximum absolute atomic E-state index is 10.3. The van der Waals surface area contributed by atoms with Crippen LogP contribution in [0.5, 0.6) is 0 Å². The standard InChI is InChI=1S/C18H36O2.C17H37N/c1-2-3-4-5-6-7-8-9-10-11-12-13-14-15-16-17-18(19)20;1-4-6-8-10-12-14-16-18(3)17-15-13-11-9-7-5-2/h2-17H2,1H3,(H,19,20);4-17H2,1-3H3. The summed E-state index contributed by atoms with van der Waals surface area (Å²) in [5, 5.41) is 8.52. The number of hydrogen-bond donors (Lipinski definition) is 1. The average Bonchev–Trinajstić information content (AvgIpc) is 2.90. The third-order valence-electron chi connectivity index (χ3n) is 7.78. The van der Waals surface area contributed by atoms with Crippen molar-refractivity contribution in [1.82, 2.24) is 4.90 Å². The molecule has 0 saturated heterocycles. The first-order chi connectivity index (χ1) is 18.6. The number of rotatable bonds is 30. The minimum Gasteiger partial charge on any atom is -0.481 e. The molecular weight excluding hydrogens is 466 g/mol. The van der Waals surface area contributed by atoms with E-state index in [9.17, 15) is 4.79 Å². The lowest BCUT2D eigenvalue weighted by molar-refractivity contribution is -0.137. The van der Waals surface area contributed by atoms with Crippen LogP contribution in [0.1, 0.15) is 201 Å². The summed E-state index contributed by atoms with van der Waals surface area (Å²) >= 11 is 0. The summed E-state index contributed by atoms with van der Waals surface area (Å²) in [7, 11) is 2.29. The van der Waals surface area contributed by atoms with Gasteiger partial charge in [-0.1, -0.05) is 175 Å². The van der Waals surface area contributed by atoms with E-state index >= 15 is 0 Å². The van der Waals surface area contributed by atoms with Gasteiger partial charge >= 0.3 is 5.97 Å². The van der Waals surface area contributed by atoms with Crippen LogP contribution in [0.15, 0.2) is 0 Å². The SMILES string of the molecule is CCCCCCCCCCCCCCCCCC(=O)O.CCCCCCCCN(C)CCCCCCCC. The third-order valence-corrected chi connectivity index (χ3v) is 7.78. The summed E-state index contributed by atoms with van der Waals surface area (Å²) in [6.07, 6.45) is 37.2. The lowest BCUT2D eigenvalue weighted by atomic mass is 10.0. The van der Waals surface area contributed by atoms with Crippen LogP contribution in [0.3, 0.4) is 0 Å². The number of carboxylic acids is 1. The van der Waals surface area contributed by atoms with Crippen LogP contribution >= 0.6 is 0 Å². The Kier molecular flexibility index (Phi) is 37.9. The Labute approximate surface area is 241 Å². The molecule has 38 heavy (non-hydrogen) atoms. The molecule has 3 nitrogen and oxygen atoms in total. The van der Waals surface area contributed by atoms with E-state index < -0.39 is 5.97 Å². The van der Waals surface area contributed by atoms with Gasteiger partial charge in [0.25, 0.3) is 0 Å². The second-order valence-corrected chi connectivity index (χ2v) is 11.9. The number of carbonyl (C=O) groups is 1. The molecule has 0 bridgehead atoms. The molecule has 0 aromatic carbocycles. The largest absolute Gasteiger partial charge is 0.481 e. The Morgan fingerprint density at radius 3 is 0.921 bits per heavy atom. The maximum atomic E-state index is 10.3. The molecule has 230 valence electrons. The van der Waals surface area contributed by atoms with E-state index in [1.165, 1.54) is 174 Å². The lowest BCUT2D eigenvalue weighted by Crippen LogP contribution is -2.20. The molecule has 3 heteroatoms. The van der Waals surface area contributed by atoms with E-state index in [-0.39, 0.29) is 0 Å². The van der Waals surface area contributed by atoms with Gasteiger partial charge in [-0.15, -0.1) is 0 Å². The topological polar surface area (TPSA) is 40.5 Å². The van der Waals surface area contributed by atoms with Crippen LogP contribution < -0.4 is 0 Å². The predicted octanol–water partition coefficient (Wildman–Crippen LogP) is 12.0. The van der Waals surface area contributed by atoms with Gasteiger partial charge in [0.1, 0.15) is 0 Å². The highest BCUT2D eigenvalue weighted by Crippen LogP contribution is 2.13. The van der Waals surface area contributed by atoms with Crippen LogP contribution in [0.2, 0.25) is 0 Å². The zero-order valence-corrected chi connectivity index (χ0v) is 27.0. The van der Waals surface area contributed by atoms with Crippen LogP contribution in [-0.4, -0.2) is 36.1 Å². The van der Waals surface area contributed by atoms with E-state index in [1.54, 1.807) is 0 Å². The summed E-state index contributed by atoms with van der Waals surface area (Å²) in [6, 6.07) is 0. The van der Waals surface area contributed by atoms with Gasteiger partial charge in [0.2, 0.25) is 0 Å². The van der Waals surface area contributed by atoms with Crippen molar-refractivity contribution in [3.63, 3.8) is 0 Å². The zero-order valence-electron chi connectivity index (χ0n) is 27.0. The highest BCUT2D eigenvalue weighted by Gasteiger charge is 1.99. The summed E-state index contributed by atoms with van der Waals surface area (Å²) < 4.78 is 0. The van der Waals surface area contributed by atoms with Crippen molar-refractivity contribution >= 4 is 5.97 Å². The molecule has 0 spiro atoms. The Morgan fingerprint density at radius 1 is 0.421 bits per heavy atom. The van der Waals surface area contributed by atoms with Gasteiger partial charge in [0.15, 0.2) is 0 Å². The number of nitrogens with zero attached hydrogens (tertiary/aromatic N) is 1. The maximum Gasteiger partial charge on any atom is 0.303 e. The quantitative estimate of drug-likeness (QED) is 0.0922. The monoisotopic (exact) mass is 540 g/mol. The van der Waals surface area contributed by atoms with E-state index in [4.69, 9.17) is 5.11 Å². The van der Waals surface area contributed by atoms with Gasteiger partial charge in [-0.05, 0) is 39.4 Å². The summed E-state index contributed by atoms with van der Waals surface area (Å²) in [6.45, 7) is 9.46. The van der Waals surface area contributed by atoms with Gasteiger partial charge in [0.05, 0.1) is 0 Å². The summed E-state index contributed by atoms with van der Waals surface area (Å²) in [4.78, 5) is 12.9. The highest BCUT2D eigenvalue weighted by molar-refractivity contribution is 5.66. The van der Waals surface area contributed by atoms with Crippen molar-refractivity contribution in [2.45, 2.75) is 201 Å². The number of hydrogen-bond acceptors (Lipinski definition) is 2. The van der Waals surface area contributed by atoms with Crippen LogP contribution in [0, 0.1) is 0 Å².